The summed E-state index contributed by atoms with van der Waals surface area (Å²) in [5, 5.41) is 48.9. The maximum atomic E-state index is 16.0. The molecule has 0 amide bonds. The minimum Gasteiger partial charge on any atom is -0.504 e. The Bertz CT molecular complexity index is 1640. The van der Waals surface area contributed by atoms with Gasteiger partial charge in [-0.25, -0.2) is 0 Å². The number of nitrogens with one attached hydrogen (secondary N) is 1. The van der Waals surface area contributed by atoms with E-state index in [0.29, 0.717) is 24.5 Å². The zero-order valence-electron chi connectivity index (χ0n) is 24.8. The van der Waals surface area contributed by atoms with Crippen LogP contribution in [0.5, 0.6) is 34.8 Å². The molecule has 4 atom stereocenters. The quantitative estimate of drug-likeness (QED) is 0.131. The number of rotatable bonds is 11. The van der Waals surface area contributed by atoms with E-state index in [4.69, 9.17) is 34.8 Å². The minimum absolute atomic E-state index is 0.0736. The summed E-state index contributed by atoms with van der Waals surface area (Å²) in [7, 11) is 1.87. The molecule has 14 nitrogen and oxygen atoms in total. The van der Waals surface area contributed by atoms with Gasteiger partial charge in [0.25, 0.3) is 11.8 Å². The number of aliphatic imine (C=N–C) groups is 1. The van der Waals surface area contributed by atoms with E-state index >= 15 is 8.78 Å². The van der Waals surface area contributed by atoms with Gasteiger partial charge in [0.15, 0.2) is 11.5 Å². The predicted molar refractivity (Wildman–Crippen MR) is 158 cm³/mol. The van der Waals surface area contributed by atoms with Gasteiger partial charge in [-0.05, 0) is 37.3 Å². The lowest BCUT2D eigenvalue weighted by atomic mass is 9.97. The zero-order chi connectivity index (χ0) is 33.2. The second-order valence-corrected chi connectivity index (χ2v) is 10.5. The van der Waals surface area contributed by atoms with Crippen molar-refractivity contribution in [2.75, 3.05) is 40.0 Å². The summed E-state index contributed by atoms with van der Waals surface area (Å²) in [4.78, 5) is 10.3. The summed E-state index contributed by atoms with van der Waals surface area (Å²) in [5.41, 5.74) is 6.33. The van der Waals surface area contributed by atoms with Gasteiger partial charge >= 0.3 is 0 Å². The largest absolute Gasteiger partial charge is 0.504 e. The predicted octanol–water partition coefficient (Wildman–Crippen LogP) is 1.85. The fourth-order valence-corrected chi connectivity index (χ4v) is 4.86. The number of nitrogen functional groups attached to an aromatic ring is 1. The molecule has 5 rings (SSSR count). The third kappa shape index (κ3) is 6.52. The number of nitrogens with zero attached hydrogens (tertiary/aromatic N) is 3. The van der Waals surface area contributed by atoms with Crippen LogP contribution in [0.4, 0.5) is 8.78 Å². The Balaban J connectivity index is 1.54. The Kier molecular flexibility index (Phi) is 9.55. The fourth-order valence-electron chi connectivity index (χ4n) is 4.86. The van der Waals surface area contributed by atoms with E-state index in [-0.39, 0.29) is 29.5 Å². The summed E-state index contributed by atoms with van der Waals surface area (Å²) in [6.45, 7) is 1.44. The Labute approximate surface area is 261 Å². The number of pyridine rings is 1. The molecule has 3 heterocycles. The molecule has 2 aliphatic heterocycles. The van der Waals surface area contributed by atoms with Crippen molar-refractivity contribution in [3.63, 3.8) is 0 Å². The number of benzene rings is 2. The molecule has 2 aromatic carbocycles. The van der Waals surface area contributed by atoms with Gasteiger partial charge in [0, 0.05) is 31.3 Å². The SMILES string of the molecule is CCOC1(COc2c(F)c(Oc3cccc(C4=NCCN4C)c3)nc(Oc3cc(C(=N)N)ccc3O)c2F)OCC(O)C(O)C1O. The summed E-state index contributed by atoms with van der Waals surface area (Å²) < 4.78 is 59.6. The van der Waals surface area contributed by atoms with Crippen LogP contribution in [0.1, 0.15) is 18.1 Å². The number of halogens is 2. The molecule has 0 radical (unpaired) electrons. The molecule has 1 fully saturated rings. The smallest absolute Gasteiger partial charge is 0.263 e. The highest BCUT2D eigenvalue weighted by atomic mass is 19.1. The number of nitrogens with two attached hydrogens (primary N) is 1. The van der Waals surface area contributed by atoms with Gasteiger partial charge in [-0.3, -0.25) is 10.4 Å². The number of amidine groups is 2. The van der Waals surface area contributed by atoms with Crippen LogP contribution in [0.2, 0.25) is 0 Å². The number of phenols is 1. The number of phenolic OH excluding ortho intramolecular Hbond substituents is 1. The molecule has 4 unspecified atom stereocenters. The van der Waals surface area contributed by atoms with Crippen molar-refractivity contribution in [2.45, 2.75) is 31.0 Å². The number of aliphatic hydroxyl groups excluding tert-OH is 3. The molecule has 0 saturated carbocycles. The van der Waals surface area contributed by atoms with Gasteiger partial charge in [-0.15, -0.1) is 0 Å². The number of ether oxygens (including phenoxy) is 5. The molecule has 0 aliphatic carbocycles. The molecule has 46 heavy (non-hydrogen) atoms. The summed E-state index contributed by atoms with van der Waals surface area (Å²) >= 11 is 0. The van der Waals surface area contributed by atoms with Crippen molar-refractivity contribution >= 4 is 11.7 Å². The molecule has 2 aliphatic rings. The Morgan fingerprint density at radius 2 is 1.87 bits per heavy atom. The molecule has 1 aromatic heterocycles. The molecule has 0 spiro atoms. The van der Waals surface area contributed by atoms with Crippen molar-refractivity contribution in [1.29, 1.82) is 5.41 Å². The normalized spacial score (nSPS) is 22.8. The number of aliphatic hydroxyl groups is 3. The topological polar surface area (TPSA) is 205 Å². The van der Waals surface area contributed by atoms with Crippen LogP contribution in [0, 0.1) is 17.0 Å². The van der Waals surface area contributed by atoms with Crippen LogP contribution in [0.3, 0.4) is 0 Å². The maximum Gasteiger partial charge on any atom is 0.263 e. The van der Waals surface area contributed by atoms with Crippen molar-refractivity contribution in [2.24, 2.45) is 10.7 Å². The molecule has 1 saturated heterocycles. The number of aromatic nitrogens is 1. The number of hydrogen-bond acceptors (Lipinski definition) is 13. The third-order valence-electron chi connectivity index (χ3n) is 7.29. The Hall–Kier alpha value is -4.61. The molecule has 16 heteroatoms. The average molecular weight is 646 g/mol. The highest BCUT2D eigenvalue weighted by Crippen LogP contribution is 2.40. The van der Waals surface area contributed by atoms with Gasteiger partial charge in [0.05, 0.1) is 13.2 Å². The Morgan fingerprint density at radius 3 is 2.54 bits per heavy atom. The number of hydrogen-bond donors (Lipinski definition) is 6. The van der Waals surface area contributed by atoms with E-state index in [1.165, 1.54) is 12.1 Å². The first-order valence-electron chi connectivity index (χ1n) is 14.2. The summed E-state index contributed by atoms with van der Waals surface area (Å²) in [5.74, 6) is -8.24. The van der Waals surface area contributed by atoms with Crippen molar-refractivity contribution in [3.8, 4) is 34.8 Å². The highest BCUT2D eigenvalue weighted by Gasteiger charge is 2.51. The monoisotopic (exact) mass is 645 g/mol. The molecule has 246 valence electrons. The lowest BCUT2D eigenvalue weighted by molar-refractivity contribution is -0.345. The zero-order valence-corrected chi connectivity index (χ0v) is 24.8. The summed E-state index contributed by atoms with van der Waals surface area (Å²) in [6, 6.07) is 10.2. The third-order valence-corrected chi connectivity index (χ3v) is 7.29. The maximum absolute atomic E-state index is 16.0. The van der Waals surface area contributed by atoms with Crippen molar-refractivity contribution in [3.05, 3.63) is 65.2 Å². The van der Waals surface area contributed by atoms with Crippen LogP contribution in [-0.4, -0.2) is 106 Å². The summed E-state index contributed by atoms with van der Waals surface area (Å²) in [6.07, 6.45) is -5.05. The lowest BCUT2D eigenvalue weighted by Crippen LogP contribution is -2.64. The minimum atomic E-state index is -2.13. The molecular weight excluding hydrogens is 612 g/mol. The van der Waals surface area contributed by atoms with Crippen LogP contribution in [0.15, 0.2) is 47.5 Å². The first-order chi connectivity index (χ1) is 21.9. The van der Waals surface area contributed by atoms with Crippen molar-refractivity contribution in [1.82, 2.24) is 9.88 Å². The number of aromatic hydroxyl groups is 1. The van der Waals surface area contributed by atoms with Crippen molar-refractivity contribution < 1.29 is 52.9 Å². The van der Waals surface area contributed by atoms with Gasteiger partial charge in [0.2, 0.25) is 23.2 Å². The van der Waals surface area contributed by atoms with E-state index in [9.17, 15) is 20.4 Å². The number of likely N-dealkylation sites (N-methyl/N-ethyl adjacent to an activating group) is 1. The second kappa shape index (κ2) is 13.4. The molecule has 3 aromatic rings. The standard InChI is InChI=1S/C30H33F2N5O9/c1-3-43-30(25(41)23(40)19(39)13-44-30)14-42-24-21(31)28(45-17-6-4-5-16(11-17)27-35-9-10-37(27)2)36-29(22(24)32)46-20-12-15(26(33)34)7-8-18(20)38/h4-8,11-12,19,23,25,38-41H,3,9-10,13-14H2,1-2H3,(H3,33,34). The van der Waals surface area contributed by atoms with E-state index in [2.05, 4.69) is 9.98 Å². The second-order valence-electron chi connectivity index (χ2n) is 10.5. The first kappa shape index (κ1) is 32.8. The highest BCUT2D eigenvalue weighted by molar-refractivity contribution is 6.00. The molecule has 7 N–H and O–H groups in total. The van der Waals surface area contributed by atoms with E-state index in [0.717, 1.165) is 12.1 Å². The van der Waals surface area contributed by atoms with Crippen LogP contribution >= 0.6 is 0 Å². The molecular formula is C30H33F2N5O9. The van der Waals surface area contributed by atoms with Crippen LogP contribution in [0.25, 0.3) is 0 Å². The van der Waals surface area contributed by atoms with E-state index in [1.807, 2.05) is 11.9 Å². The van der Waals surface area contributed by atoms with Gasteiger partial charge in [-0.1, -0.05) is 12.1 Å². The van der Waals surface area contributed by atoms with E-state index < -0.39 is 72.2 Å². The van der Waals surface area contributed by atoms with Gasteiger partial charge in [0.1, 0.15) is 42.3 Å². The van der Waals surface area contributed by atoms with Gasteiger partial charge in [-0.2, -0.15) is 13.8 Å². The van der Waals surface area contributed by atoms with Gasteiger partial charge < -0.3 is 54.7 Å². The fraction of sp³-hybridized carbons (Fsp3) is 0.367. The Morgan fingerprint density at radius 1 is 1.13 bits per heavy atom. The molecule has 0 bridgehead atoms. The average Bonchev–Trinajstić information content (AvgIpc) is 3.47. The van der Waals surface area contributed by atoms with Crippen LogP contribution < -0.4 is 19.9 Å². The van der Waals surface area contributed by atoms with E-state index in [1.54, 1.807) is 25.1 Å². The van der Waals surface area contributed by atoms with Crippen LogP contribution in [-0.2, 0) is 9.47 Å². The first-order valence-corrected chi connectivity index (χ1v) is 14.2. The lowest BCUT2D eigenvalue weighted by Gasteiger charge is -2.44.